The normalized spacial score (nSPS) is 16.7. The van der Waals surface area contributed by atoms with Gasteiger partial charge < -0.3 is 4.52 Å². The van der Waals surface area contributed by atoms with E-state index in [1.165, 1.54) is 37.3 Å². The fraction of sp³-hybridized carbons (Fsp3) is 0.469. The lowest BCUT2D eigenvalue weighted by molar-refractivity contribution is -0.131. The summed E-state index contributed by atoms with van der Waals surface area (Å²) in [6, 6.07) is 10.7. The monoisotopic (exact) mass is 612 g/mol. The lowest BCUT2D eigenvalue weighted by Gasteiger charge is -2.25. The maximum absolute atomic E-state index is 15.6. The molecule has 230 valence electrons. The predicted octanol–water partition coefficient (Wildman–Crippen LogP) is 7.50. The van der Waals surface area contributed by atoms with Gasteiger partial charge in [0.05, 0.1) is 17.1 Å². The van der Waals surface area contributed by atoms with Crippen molar-refractivity contribution in [3.05, 3.63) is 64.8 Å². The Balaban J connectivity index is 1.54. The molecule has 0 unspecified atom stereocenters. The molecule has 11 heteroatoms. The van der Waals surface area contributed by atoms with Crippen molar-refractivity contribution in [2.75, 3.05) is 4.72 Å². The number of rotatable bonds is 11. The van der Waals surface area contributed by atoms with E-state index in [0.717, 1.165) is 31.5 Å². The molecule has 1 spiro atoms. The molecule has 8 nitrogen and oxygen atoms in total. The van der Waals surface area contributed by atoms with Crippen molar-refractivity contribution >= 4 is 27.7 Å². The van der Waals surface area contributed by atoms with E-state index in [9.17, 15) is 13.2 Å². The number of alkyl halides is 2. The van der Waals surface area contributed by atoms with Crippen LogP contribution in [0.5, 0.6) is 0 Å². The Morgan fingerprint density at radius 3 is 2.44 bits per heavy atom. The number of nitrogens with one attached hydrogen (secondary N) is 1. The number of amides is 1. The van der Waals surface area contributed by atoms with Crippen molar-refractivity contribution in [3.8, 4) is 11.1 Å². The largest absolute Gasteiger partial charge is 0.337 e. The van der Waals surface area contributed by atoms with E-state index >= 15 is 8.78 Å². The van der Waals surface area contributed by atoms with Crippen molar-refractivity contribution in [1.29, 1.82) is 0 Å². The van der Waals surface area contributed by atoms with Crippen LogP contribution in [0.4, 0.5) is 14.7 Å². The second-order valence-corrected chi connectivity index (χ2v) is 13.2. The molecule has 1 amide bonds. The molecule has 0 bridgehead atoms. The molecule has 0 saturated heterocycles. The topological polar surface area (TPSA) is 105 Å². The maximum atomic E-state index is 15.6. The Labute approximate surface area is 251 Å². The van der Waals surface area contributed by atoms with Crippen molar-refractivity contribution in [1.82, 2.24) is 10.1 Å². The van der Waals surface area contributed by atoms with Gasteiger partial charge in [0, 0.05) is 29.5 Å². The number of unbranched alkanes of at least 4 members (excludes halogenated alkanes) is 1. The molecule has 0 atom stereocenters. The van der Waals surface area contributed by atoms with Gasteiger partial charge in [0.2, 0.25) is 5.88 Å². The molecule has 2 heterocycles. The van der Waals surface area contributed by atoms with E-state index in [0.29, 0.717) is 36.1 Å². The van der Waals surface area contributed by atoms with E-state index in [-0.39, 0.29) is 39.9 Å². The number of carbonyl (C=O) groups is 1. The molecule has 3 aromatic rings. The Hall–Kier alpha value is -3.60. The van der Waals surface area contributed by atoms with Crippen molar-refractivity contribution in [3.63, 3.8) is 0 Å². The Morgan fingerprint density at radius 2 is 1.79 bits per heavy atom. The van der Waals surface area contributed by atoms with Gasteiger partial charge in [0.15, 0.2) is 0 Å². The highest BCUT2D eigenvalue weighted by Crippen LogP contribution is 2.43. The molecule has 1 N–H and O–H groups in total. The zero-order valence-corrected chi connectivity index (χ0v) is 25.9. The third-order valence-electron chi connectivity index (χ3n) is 8.60. The summed E-state index contributed by atoms with van der Waals surface area (Å²) < 4.78 is 65.9. The number of aromatic nitrogens is 1. The first kappa shape index (κ1) is 30.8. The number of halogens is 2. The quantitative estimate of drug-likeness (QED) is 0.241. The fourth-order valence-electron chi connectivity index (χ4n) is 5.91. The highest BCUT2D eigenvalue weighted by molar-refractivity contribution is 7.92. The summed E-state index contributed by atoms with van der Waals surface area (Å²) >= 11 is 0. The summed E-state index contributed by atoms with van der Waals surface area (Å²) in [5.74, 6) is -2.61. The Bertz CT molecular complexity index is 1660. The minimum absolute atomic E-state index is 0.0300. The molecular formula is C32H38F2N4O4S. The molecule has 1 aromatic heterocycles. The van der Waals surface area contributed by atoms with E-state index in [1.807, 2.05) is 0 Å². The molecule has 5 rings (SSSR count). The minimum atomic E-state index is -4.23. The number of aryl methyl sites for hydroxylation is 1. The van der Waals surface area contributed by atoms with Crippen LogP contribution in [0.2, 0.25) is 0 Å². The van der Waals surface area contributed by atoms with Crippen molar-refractivity contribution < 1.29 is 26.5 Å². The van der Waals surface area contributed by atoms with Crippen molar-refractivity contribution in [2.24, 2.45) is 4.99 Å². The first-order valence-corrected chi connectivity index (χ1v) is 16.4. The maximum Gasteiger partial charge on any atom is 0.273 e. The molecule has 2 aromatic carbocycles. The first-order valence-electron chi connectivity index (χ1n) is 14.9. The van der Waals surface area contributed by atoms with Crippen LogP contribution in [-0.2, 0) is 27.3 Å². The summed E-state index contributed by atoms with van der Waals surface area (Å²) in [6.45, 7) is 6.95. The third kappa shape index (κ3) is 5.83. The van der Waals surface area contributed by atoms with Crippen LogP contribution < -0.4 is 4.72 Å². The highest BCUT2D eigenvalue weighted by Gasteiger charge is 2.49. The molecule has 1 saturated carbocycles. The van der Waals surface area contributed by atoms with Gasteiger partial charge in [-0.05, 0) is 56.4 Å². The number of aliphatic imine (C=N–C) groups is 1. The fourth-order valence-corrected chi connectivity index (χ4v) is 7.18. The zero-order valence-electron chi connectivity index (χ0n) is 25.0. The SMILES string of the molecule is CCCCC1=NC2(CCCC2)C(=O)N1Cc1ccc(-c2ccccc2S(=O)(=O)Nc2onc(C)c2C)c(C(F)(F)CC)c1. The van der Waals surface area contributed by atoms with Crippen LogP contribution in [0.15, 0.2) is 56.9 Å². The van der Waals surface area contributed by atoms with Gasteiger partial charge in [0.1, 0.15) is 11.4 Å². The van der Waals surface area contributed by atoms with Gasteiger partial charge in [-0.25, -0.2) is 21.9 Å². The Morgan fingerprint density at radius 1 is 1.07 bits per heavy atom. The van der Waals surface area contributed by atoms with Crippen LogP contribution in [0.1, 0.15) is 87.6 Å². The van der Waals surface area contributed by atoms with Crippen LogP contribution in [0.25, 0.3) is 11.1 Å². The third-order valence-corrected chi connectivity index (χ3v) is 9.99. The van der Waals surface area contributed by atoms with Crippen LogP contribution in [0, 0.1) is 13.8 Å². The highest BCUT2D eigenvalue weighted by atomic mass is 32.2. The number of anilines is 1. The van der Waals surface area contributed by atoms with E-state index in [2.05, 4.69) is 16.8 Å². The lowest BCUT2D eigenvalue weighted by Crippen LogP contribution is -2.40. The van der Waals surface area contributed by atoms with Crippen molar-refractivity contribution in [2.45, 2.75) is 102 Å². The molecule has 1 fully saturated rings. The summed E-state index contributed by atoms with van der Waals surface area (Å²) in [6.07, 6.45) is 5.30. The number of hydrogen-bond donors (Lipinski definition) is 1. The van der Waals surface area contributed by atoms with Gasteiger partial charge in [-0.3, -0.25) is 14.7 Å². The van der Waals surface area contributed by atoms with Crippen LogP contribution >= 0.6 is 0 Å². The predicted molar refractivity (Wildman–Crippen MR) is 162 cm³/mol. The first-order chi connectivity index (χ1) is 20.4. The number of hydrogen-bond acceptors (Lipinski definition) is 6. The van der Waals surface area contributed by atoms with Gasteiger partial charge in [0.25, 0.3) is 21.9 Å². The summed E-state index contributed by atoms with van der Waals surface area (Å²) in [7, 11) is -4.23. The zero-order chi connectivity index (χ0) is 31.0. The second-order valence-electron chi connectivity index (χ2n) is 11.5. The number of amidine groups is 1. The van der Waals surface area contributed by atoms with E-state index < -0.39 is 27.9 Å². The summed E-state index contributed by atoms with van der Waals surface area (Å²) in [5, 5.41) is 3.80. The van der Waals surface area contributed by atoms with Gasteiger partial charge >= 0.3 is 0 Å². The number of sulfonamides is 1. The van der Waals surface area contributed by atoms with Crippen LogP contribution in [0.3, 0.4) is 0 Å². The molecule has 2 aliphatic rings. The average Bonchev–Trinajstić information content (AvgIpc) is 3.67. The van der Waals surface area contributed by atoms with Gasteiger partial charge in [-0.2, -0.15) is 0 Å². The second kappa shape index (κ2) is 11.8. The molecule has 1 aliphatic heterocycles. The minimum Gasteiger partial charge on any atom is -0.337 e. The van der Waals surface area contributed by atoms with Gasteiger partial charge in [-0.1, -0.05) is 68.6 Å². The van der Waals surface area contributed by atoms with E-state index in [1.54, 1.807) is 30.9 Å². The number of carbonyl (C=O) groups excluding carboxylic acids is 1. The molecule has 43 heavy (non-hydrogen) atoms. The van der Waals surface area contributed by atoms with Crippen LogP contribution in [-0.4, -0.2) is 35.8 Å². The molecular weight excluding hydrogens is 574 g/mol. The summed E-state index contributed by atoms with van der Waals surface area (Å²) in [5.41, 5.74) is 0.806. The summed E-state index contributed by atoms with van der Waals surface area (Å²) in [4.78, 5) is 20.1. The lowest BCUT2D eigenvalue weighted by atomic mass is 9.92. The molecule has 0 radical (unpaired) electrons. The smallest absolute Gasteiger partial charge is 0.273 e. The number of nitrogens with zero attached hydrogens (tertiary/aromatic N) is 3. The van der Waals surface area contributed by atoms with Gasteiger partial charge in [-0.15, -0.1) is 0 Å². The average molecular weight is 613 g/mol. The standard InChI is InChI=1S/C32H38F2N4O4S/c1-5-7-14-28-35-31(17-10-11-18-31)30(39)38(28)20-23-15-16-24(26(19-23)32(33,34)6-2)25-12-8-9-13-27(25)43(40,41)37-29-21(3)22(4)36-42-29/h8-9,12-13,15-16,19,37H,5-7,10-11,14,17-18,20H2,1-4H3. The Kier molecular flexibility index (Phi) is 8.48. The number of benzene rings is 2. The molecule has 1 aliphatic carbocycles. The van der Waals surface area contributed by atoms with E-state index in [4.69, 9.17) is 9.52 Å².